The minimum atomic E-state index is 0.236. The summed E-state index contributed by atoms with van der Waals surface area (Å²) in [6.07, 6.45) is 44.9. The van der Waals surface area contributed by atoms with Crippen molar-refractivity contribution in [1.82, 2.24) is 0 Å². The maximum atomic E-state index is 9.51. The third-order valence-electron chi connectivity index (χ3n) is 10.4. The van der Waals surface area contributed by atoms with Crippen LogP contribution < -0.4 is 0 Å². The molecule has 0 aliphatic carbocycles. The van der Waals surface area contributed by atoms with E-state index in [1.54, 1.807) is 0 Å². The van der Waals surface area contributed by atoms with Gasteiger partial charge in [0.25, 0.3) is 0 Å². The van der Waals surface area contributed by atoms with Crippen molar-refractivity contribution in [3.05, 3.63) is 0 Å². The third kappa shape index (κ3) is 38.6. The minimum Gasteiger partial charge on any atom is -0.391 e. The highest BCUT2D eigenvalue weighted by molar-refractivity contribution is 4.58. The number of nitrogens with zero attached hydrogens (tertiary/aromatic N) is 1. The summed E-state index contributed by atoms with van der Waals surface area (Å²) < 4.78 is 13.2. The van der Waals surface area contributed by atoms with E-state index in [4.69, 9.17) is 9.47 Å². The first kappa shape index (κ1) is 47.8. The number of ether oxygens (including phenoxy) is 2. The van der Waals surface area contributed by atoms with Crippen molar-refractivity contribution in [2.45, 2.75) is 219 Å². The van der Waals surface area contributed by atoms with Gasteiger partial charge < -0.3 is 19.1 Å². The van der Waals surface area contributed by atoms with Gasteiger partial charge in [-0.05, 0) is 12.8 Å². The van der Waals surface area contributed by atoms with Crippen molar-refractivity contribution < 1.29 is 19.1 Å². The van der Waals surface area contributed by atoms with Crippen LogP contribution >= 0.6 is 0 Å². The highest BCUT2D eigenvalue weighted by Gasteiger charge is 2.22. The molecule has 0 aromatic carbocycles. The van der Waals surface area contributed by atoms with Gasteiger partial charge in [-0.1, -0.05) is 206 Å². The number of hydrogen-bond donors (Lipinski definition) is 1. The Hall–Kier alpha value is -0.160. The molecule has 0 fully saturated rings. The quantitative estimate of drug-likeness (QED) is 0.0514. The van der Waals surface area contributed by atoms with Gasteiger partial charge in [-0.2, -0.15) is 0 Å². The molecule has 0 saturated heterocycles. The normalized spacial score (nSPS) is 12.1. The Morgan fingerprint density at radius 3 is 0.896 bits per heavy atom. The standard InChI is InChI=1S/C44H92NO3/c1-5-7-9-11-13-15-17-19-21-23-25-27-29-31-33-35-39-47-42-44(41-45(3,4)37-38-46)43-48-40-36-34-32-30-28-26-24-22-20-18-16-14-12-10-8-6-2/h44,46H,5-43H2,1-4H3/q+1. The van der Waals surface area contributed by atoms with E-state index in [0.717, 1.165) is 44.0 Å². The van der Waals surface area contributed by atoms with Crippen LogP contribution in [0, 0.1) is 5.92 Å². The van der Waals surface area contributed by atoms with Crippen molar-refractivity contribution in [2.24, 2.45) is 5.92 Å². The smallest absolute Gasteiger partial charge is 0.102 e. The predicted octanol–water partition coefficient (Wildman–Crippen LogP) is 13.2. The van der Waals surface area contributed by atoms with Crippen LogP contribution in [0.15, 0.2) is 0 Å². The fourth-order valence-corrected chi connectivity index (χ4v) is 7.22. The average Bonchev–Trinajstić information content (AvgIpc) is 3.06. The fourth-order valence-electron chi connectivity index (χ4n) is 7.22. The second kappa shape index (κ2) is 39.6. The van der Waals surface area contributed by atoms with Crippen molar-refractivity contribution in [3.8, 4) is 0 Å². The molecule has 48 heavy (non-hydrogen) atoms. The summed E-state index contributed by atoms with van der Waals surface area (Å²) in [5, 5.41) is 9.51. The van der Waals surface area contributed by atoms with Gasteiger partial charge in [0.15, 0.2) is 0 Å². The topological polar surface area (TPSA) is 38.7 Å². The highest BCUT2D eigenvalue weighted by Crippen LogP contribution is 2.16. The molecule has 0 rings (SSSR count). The minimum absolute atomic E-state index is 0.236. The first-order valence-electron chi connectivity index (χ1n) is 22.1. The summed E-state index contributed by atoms with van der Waals surface area (Å²) in [7, 11) is 4.43. The van der Waals surface area contributed by atoms with Gasteiger partial charge in [0.1, 0.15) is 6.54 Å². The molecule has 0 atom stereocenters. The van der Waals surface area contributed by atoms with Crippen LogP contribution in [0.3, 0.4) is 0 Å². The van der Waals surface area contributed by atoms with E-state index in [2.05, 4.69) is 27.9 Å². The zero-order valence-electron chi connectivity index (χ0n) is 33.9. The number of quaternary nitrogens is 1. The summed E-state index contributed by atoms with van der Waals surface area (Å²) in [6.45, 7) is 9.94. The fraction of sp³-hybridized carbons (Fsp3) is 1.00. The summed E-state index contributed by atoms with van der Waals surface area (Å²) in [6, 6.07) is 0. The van der Waals surface area contributed by atoms with Crippen LogP contribution in [0.25, 0.3) is 0 Å². The van der Waals surface area contributed by atoms with Gasteiger partial charge in [-0.3, -0.25) is 0 Å². The maximum absolute atomic E-state index is 9.51. The summed E-state index contributed by atoms with van der Waals surface area (Å²) in [4.78, 5) is 0. The Bertz CT molecular complexity index is 543. The Kier molecular flexibility index (Phi) is 39.5. The van der Waals surface area contributed by atoms with Crippen LogP contribution in [0.1, 0.15) is 219 Å². The molecule has 1 N–H and O–H groups in total. The van der Waals surface area contributed by atoms with E-state index in [9.17, 15) is 5.11 Å². The molecule has 4 nitrogen and oxygen atoms in total. The average molecular weight is 683 g/mol. The zero-order valence-corrected chi connectivity index (χ0v) is 33.9. The second-order valence-electron chi connectivity index (χ2n) is 16.2. The molecular weight excluding hydrogens is 590 g/mol. The third-order valence-corrected chi connectivity index (χ3v) is 10.4. The monoisotopic (exact) mass is 683 g/mol. The second-order valence-corrected chi connectivity index (χ2v) is 16.2. The number of aliphatic hydroxyl groups is 1. The molecule has 4 heteroatoms. The van der Waals surface area contributed by atoms with E-state index in [0.29, 0.717) is 5.92 Å². The molecule has 0 spiro atoms. The van der Waals surface area contributed by atoms with Crippen molar-refractivity contribution >= 4 is 0 Å². The molecule has 0 bridgehead atoms. The van der Waals surface area contributed by atoms with Crippen LogP contribution in [0.4, 0.5) is 0 Å². The number of unbranched alkanes of at least 4 members (excludes halogenated alkanes) is 30. The lowest BCUT2D eigenvalue weighted by Gasteiger charge is -2.33. The van der Waals surface area contributed by atoms with E-state index in [1.165, 1.54) is 205 Å². The van der Waals surface area contributed by atoms with E-state index in [-0.39, 0.29) is 6.61 Å². The zero-order chi connectivity index (χ0) is 35.1. The van der Waals surface area contributed by atoms with Crippen LogP contribution in [-0.4, -0.2) is 69.8 Å². The van der Waals surface area contributed by atoms with Crippen molar-refractivity contribution in [3.63, 3.8) is 0 Å². The number of hydrogen-bond acceptors (Lipinski definition) is 3. The Labute approximate surface area is 303 Å². The van der Waals surface area contributed by atoms with Gasteiger partial charge in [0.2, 0.25) is 0 Å². The summed E-state index contributed by atoms with van der Waals surface area (Å²) in [5.74, 6) is 0.397. The van der Waals surface area contributed by atoms with Gasteiger partial charge in [-0.25, -0.2) is 0 Å². The Balaban J connectivity index is 3.71. The first-order chi connectivity index (χ1) is 23.6. The molecule has 0 amide bonds. The number of likely N-dealkylation sites (N-methyl/N-ethyl adjacent to an activating group) is 1. The van der Waals surface area contributed by atoms with Crippen molar-refractivity contribution in [1.29, 1.82) is 0 Å². The van der Waals surface area contributed by atoms with E-state index < -0.39 is 0 Å². The molecule has 0 unspecified atom stereocenters. The summed E-state index contributed by atoms with van der Waals surface area (Å²) >= 11 is 0. The highest BCUT2D eigenvalue weighted by atomic mass is 16.5. The lowest BCUT2D eigenvalue weighted by Crippen LogP contribution is -2.47. The van der Waals surface area contributed by atoms with Crippen LogP contribution in [0.2, 0.25) is 0 Å². The molecule has 0 saturated carbocycles. The molecule has 0 heterocycles. The lowest BCUT2D eigenvalue weighted by atomic mass is 10.0. The summed E-state index contributed by atoms with van der Waals surface area (Å²) in [5.41, 5.74) is 0. The lowest BCUT2D eigenvalue weighted by molar-refractivity contribution is -0.894. The SMILES string of the molecule is CCCCCCCCCCCCCCCCCCOCC(COCCCCCCCCCCCCCCCCCC)C[N+](C)(C)CCO. The molecule has 0 aliphatic rings. The molecule has 0 aromatic heterocycles. The van der Waals surface area contributed by atoms with Gasteiger partial charge >= 0.3 is 0 Å². The molecule has 290 valence electrons. The number of rotatable bonds is 42. The van der Waals surface area contributed by atoms with Crippen LogP contribution in [0.5, 0.6) is 0 Å². The van der Waals surface area contributed by atoms with Gasteiger partial charge in [0.05, 0.1) is 46.4 Å². The molecular formula is C44H92NO3+. The number of aliphatic hydroxyl groups excluding tert-OH is 1. The van der Waals surface area contributed by atoms with Gasteiger partial charge in [-0.15, -0.1) is 0 Å². The predicted molar refractivity (Wildman–Crippen MR) is 213 cm³/mol. The Morgan fingerprint density at radius 1 is 0.396 bits per heavy atom. The van der Waals surface area contributed by atoms with Gasteiger partial charge in [0, 0.05) is 13.2 Å². The van der Waals surface area contributed by atoms with E-state index >= 15 is 0 Å². The van der Waals surface area contributed by atoms with E-state index in [1.807, 2.05) is 0 Å². The maximum Gasteiger partial charge on any atom is 0.102 e. The largest absolute Gasteiger partial charge is 0.391 e. The Morgan fingerprint density at radius 2 is 0.646 bits per heavy atom. The molecule has 0 aromatic rings. The molecule has 0 radical (unpaired) electrons. The van der Waals surface area contributed by atoms with Crippen molar-refractivity contribution in [2.75, 3.05) is 60.2 Å². The first-order valence-corrected chi connectivity index (χ1v) is 22.1. The van der Waals surface area contributed by atoms with Crippen LogP contribution in [-0.2, 0) is 9.47 Å². The molecule has 0 aliphatic heterocycles.